The lowest BCUT2D eigenvalue weighted by Crippen LogP contribution is -2.30. The van der Waals surface area contributed by atoms with Gasteiger partial charge in [-0.15, -0.1) is 0 Å². The topological polar surface area (TPSA) is 98.3 Å². The van der Waals surface area contributed by atoms with Gasteiger partial charge in [-0.1, -0.05) is 18.2 Å². The molecule has 0 atom stereocenters. The summed E-state index contributed by atoms with van der Waals surface area (Å²) in [7, 11) is 0. The molecule has 6 nitrogen and oxygen atoms in total. The average Bonchev–Trinajstić information content (AvgIpc) is 2.36. The Hall–Kier alpha value is -2.47. The Balaban J connectivity index is 2.79. The number of benzene rings is 2. The largest absolute Gasteiger partial charge is 0.290 e. The van der Waals surface area contributed by atoms with Crippen molar-refractivity contribution in [2.75, 3.05) is 0 Å². The molecule has 2 aromatic carbocycles. The van der Waals surface area contributed by atoms with E-state index < -0.39 is 10.8 Å². The van der Waals surface area contributed by atoms with Gasteiger partial charge in [0.05, 0.1) is 10.3 Å². The van der Waals surface area contributed by atoms with Gasteiger partial charge in [-0.25, -0.2) is 5.84 Å². The predicted octanol–water partition coefficient (Wildman–Crippen LogP) is 1.35. The molecule has 0 saturated carbocycles. The van der Waals surface area contributed by atoms with Gasteiger partial charge in [0, 0.05) is 17.0 Å². The highest BCUT2D eigenvalue weighted by molar-refractivity contribution is 6.09. The van der Waals surface area contributed by atoms with Crippen molar-refractivity contribution < 1.29 is 9.72 Å². The second-order valence-electron chi connectivity index (χ2n) is 3.41. The smallest absolute Gasteiger partial charge is 0.277 e. The maximum absolute atomic E-state index is 11.5. The Kier molecular flexibility index (Phi) is 2.71. The van der Waals surface area contributed by atoms with E-state index in [1.165, 1.54) is 12.1 Å². The Morgan fingerprint density at radius 2 is 1.82 bits per heavy atom. The van der Waals surface area contributed by atoms with E-state index in [9.17, 15) is 14.9 Å². The molecule has 0 saturated heterocycles. The van der Waals surface area contributed by atoms with E-state index in [4.69, 9.17) is 5.84 Å². The zero-order valence-corrected chi connectivity index (χ0v) is 8.71. The fourth-order valence-corrected chi connectivity index (χ4v) is 1.72. The SMILES string of the molecule is NNC(=O)c1ccc([N+](=O)[O-])c2ccccc12. The summed E-state index contributed by atoms with van der Waals surface area (Å²) in [4.78, 5) is 21.9. The molecule has 0 aromatic heterocycles. The van der Waals surface area contributed by atoms with Gasteiger partial charge in [-0.2, -0.15) is 0 Å². The molecule has 0 aliphatic rings. The van der Waals surface area contributed by atoms with Gasteiger partial charge < -0.3 is 0 Å². The fraction of sp³-hybridized carbons (Fsp3) is 0. The van der Waals surface area contributed by atoms with E-state index in [0.717, 1.165) is 0 Å². The number of fused-ring (bicyclic) bond motifs is 1. The first-order valence-corrected chi connectivity index (χ1v) is 4.82. The van der Waals surface area contributed by atoms with E-state index in [0.29, 0.717) is 16.3 Å². The van der Waals surface area contributed by atoms with Crippen molar-refractivity contribution >= 4 is 22.4 Å². The molecular weight excluding hydrogens is 222 g/mol. The minimum Gasteiger partial charge on any atom is -0.290 e. The van der Waals surface area contributed by atoms with Crippen LogP contribution in [0.2, 0.25) is 0 Å². The fourth-order valence-electron chi connectivity index (χ4n) is 1.72. The summed E-state index contributed by atoms with van der Waals surface area (Å²) in [5.41, 5.74) is 2.29. The van der Waals surface area contributed by atoms with Crippen molar-refractivity contribution in [1.82, 2.24) is 5.43 Å². The number of hydrazine groups is 1. The van der Waals surface area contributed by atoms with E-state index in [1.807, 2.05) is 5.43 Å². The maximum Gasteiger partial charge on any atom is 0.277 e. The van der Waals surface area contributed by atoms with Crippen molar-refractivity contribution in [3.8, 4) is 0 Å². The van der Waals surface area contributed by atoms with Crippen LogP contribution in [0.25, 0.3) is 10.8 Å². The van der Waals surface area contributed by atoms with Crippen LogP contribution >= 0.6 is 0 Å². The van der Waals surface area contributed by atoms with Crippen LogP contribution in [0.3, 0.4) is 0 Å². The lowest BCUT2D eigenvalue weighted by Gasteiger charge is -2.05. The third-order valence-electron chi connectivity index (χ3n) is 2.47. The normalized spacial score (nSPS) is 10.2. The van der Waals surface area contributed by atoms with Crippen molar-refractivity contribution in [2.45, 2.75) is 0 Å². The molecule has 6 heteroatoms. The second kappa shape index (κ2) is 4.18. The van der Waals surface area contributed by atoms with E-state index in [2.05, 4.69) is 0 Å². The summed E-state index contributed by atoms with van der Waals surface area (Å²) in [5.74, 6) is 4.58. The van der Waals surface area contributed by atoms with Crippen LogP contribution in [0.1, 0.15) is 10.4 Å². The minimum atomic E-state index is -0.480. The molecule has 0 aliphatic carbocycles. The van der Waals surface area contributed by atoms with Crippen molar-refractivity contribution in [2.24, 2.45) is 5.84 Å². The number of nitro groups is 1. The van der Waals surface area contributed by atoms with Gasteiger partial charge in [0.15, 0.2) is 0 Å². The van der Waals surface area contributed by atoms with Crippen LogP contribution in [0.15, 0.2) is 36.4 Å². The van der Waals surface area contributed by atoms with E-state index >= 15 is 0 Å². The van der Waals surface area contributed by atoms with Gasteiger partial charge >= 0.3 is 0 Å². The molecule has 0 spiro atoms. The molecule has 0 aliphatic heterocycles. The molecule has 0 bridgehead atoms. The number of nitrogen functional groups attached to an aromatic ring is 1. The van der Waals surface area contributed by atoms with E-state index in [1.54, 1.807) is 24.3 Å². The van der Waals surface area contributed by atoms with Gasteiger partial charge in [-0.3, -0.25) is 20.3 Å². The molecule has 2 rings (SSSR count). The quantitative estimate of drug-likeness (QED) is 0.352. The Morgan fingerprint density at radius 3 is 2.41 bits per heavy atom. The zero-order chi connectivity index (χ0) is 12.4. The summed E-state index contributed by atoms with van der Waals surface area (Å²) in [5, 5.41) is 11.8. The van der Waals surface area contributed by atoms with Crippen LogP contribution < -0.4 is 11.3 Å². The number of carbonyl (C=O) groups is 1. The lowest BCUT2D eigenvalue weighted by molar-refractivity contribution is -0.383. The van der Waals surface area contributed by atoms with Crippen LogP contribution in [0.4, 0.5) is 5.69 Å². The lowest BCUT2D eigenvalue weighted by atomic mass is 10.0. The molecule has 0 radical (unpaired) electrons. The molecular formula is C11H9N3O3. The monoisotopic (exact) mass is 231 g/mol. The minimum absolute atomic E-state index is 0.0332. The van der Waals surface area contributed by atoms with Crippen LogP contribution in [-0.4, -0.2) is 10.8 Å². The summed E-state index contributed by atoms with van der Waals surface area (Å²) in [6.07, 6.45) is 0. The third kappa shape index (κ3) is 1.81. The molecule has 86 valence electrons. The average molecular weight is 231 g/mol. The van der Waals surface area contributed by atoms with Crippen LogP contribution in [0, 0.1) is 10.1 Å². The number of rotatable bonds is 2. The second-order valence-corrected chi connectivity index (χ2v) is 3.41. The molecule has 3 N–H and O–H groups in total. The first kappa shape index (κ1) is 11.0. The summed E-state index contributed by atoms with van der Waals surface area (Å²) >= 11 is 0. The maximum atomic E-state index is 11.5. The number of nitrogens with one attached hydrogen (secondary N) is 1. The van der Waals surface area contributed by atoms with Crippen molar-refractivity contribution in [1.29, 1.82) is 0 Å². The standard InChI is InChI=1S/C11H9N3O3/c12-13-11(15)9-5-6-10(14(16)17)8-4-2-1-3-7(8)9/h1-6H,12H2,(H,13,15). The van der Waals surface area contributed by atoms with Gasteiger partial charge in [0.25, 0.3) is 11.6 Å². The van der Waals surface area contributed by atoms with Crippen LogP contribution in [0.5, 0.6) is 0 Å². The highest BCUT2D eigenvalue weighted by Gasteiger charge is 2.16. The predicted molar refractivity (Wildman–Crippen MR) is 62.3 cm³/mol. The molecule has 1 amide bonds. The van der Waals surface area contributed by atoms with Gasteiger partial charge in [0.1, 0.15) is 0 Å². The highest BCUT2D eigenvalue weighted by Crippen LogP contribution is 2.27. The Bertz CT molecular complexity index is 610. The highest BCUT2D eigenvalue weighted by atomic mass is 16.6. The zero-order valence-electron chi connectivity index (χ0n) is 8.71. The first-order valence-electron chi connectivity index (χ1n) is 4.82. The van der Waals surface area contributed by atoms with E-state index in [-0.39, 0.29) is 5.69 Å². The molecule has 0 unspecified atom stereocenters. The van der Waals surface area contributed by atoms with Crippen molar-refractivity contribution in [3.05, 3.63) is 52.1 Å². The number of nitrogens with zero attached hydrogens (tertiary/aromatic N) is 1. The Morgan fingerprint density at radius 1 is 1.18 bits per heavy atom. The first-order chi connectivity index (χ1) is 8.15. The molecule has 17 heavy (non-hydrogen) atoms. The number of nitrogens with two attached hydrogens (primary N) is 1. The van der Waals surface area contributed by atoms with Crippen LogP contribution in [-0.2, 0) is 0 Å². The molecule has 0 heterocycles. The molecule has 0 fully saturated rings. The Labute approximate surface area is 96.2 Å². The number of amides is 1. The van der Waals surface area contributed by atoms with Gasteiger partial charge in [-0.05, 0) is 12.1 Å². The number of hydrogen-bond acceptors (Lipinski definition) is 4. The number of non-ortho nitro benzene ring substituents is 1. The third-order valence-corrected chi connectivity index (χ3v) is 2.47. The summed E-state index contributed by atoms with van der Waals surface area (Å²) in [6.45, 7) is 0. The number of hydrogen-bond donors (Lipinski definition) is 2. The number of carbonyl (C=O) groups excluding carboxylic acids is 1. The summed E-state index contributed by atoms with van der Waals surface area (Å²) in [6, 6.07) is 9.32. The number of nitro benzene ring substituents is 1. The van der Waals surface area contributed by atoms with Crippen molar-refractivity contribution in [3.63, 3.8) is 0 Å². The summed E-state index contributed by atoms with van der Waals surface area (Å²) < 4.78 is 0. The molecule has 2 aromatic rings. The van der Waals surface area contributed by atoms with Gasteiger partial charge in [0.2, 0.25) is 0 Å².